The zero-order valence-electron chi connectivity index (χ0n) is 11.8. The first-order valence-corrected chi connectivity index (χ1v) is 6.82. The fraction of sp³-hybridized carbons (Fsp3) is 0.412. The van der Waals surface area contributed by atoms with E-state index < -0.39 is 0 Å². The molecule has 0 saturated heterocycles. The van der Waals surface area contributed by atoms with Crippen LogP contribution in [0.1, 0.15) is 46.1 Å². The summed E-state index contributed by atoms with van der Waals surface area (Å²) in [6.07, 6.45) is 8.94. The van der Waals surface area contributed by atoms with E-state index in [1.807, 2.05) is 24.3 Å². The van der Waals surface area contributed by atoms with Crippen LogP contribution >= 0.6 is 11.6 Å². The molecular formula is C17H23Cl. The molecular weight excluding hydrogens is 240 g/mol. The Labute approximate surface area is 116 Å². The standard InChI is InChI=1S/C17H23Cl/c1-14(2)11-13-17(3,4)12-5-6-15-7-9-16(18)10-8-15/h5-11H,12-13H2,1-4H3/b6-5-. The van der Waals surface area contributed by atoms with Crippen LogP contribution in [0.4, 0.5) is 0 Å². The number of allylic oxidation sites excluding steroid dienone is 3. The summed E-state index contributed by atoms with van der Waals surface area (Å²) >= 11 is 5.86. The Morgan fingerprint density at radius 2 is 1.72 bits per heavy atom. The molecule has 0 aliphatic carbocycles. The molecule has 98 valence electrons. The van der Waals surface area contributed by atoms with Gasteiger partial charge in [0.1, 0.15) is 0 Å². The quantitative estimate of drug-likeness (QED) is 0.560. The summed E-state index contributed by atoms with van der Waals surface area (Å²) in [5, 5.41) is 0.788. The lowest BCUT2D eigenvalue weighted by atomic mass is 9.85. The van der Waals surface area contributed by atoms with E-state index in [9.17, 15) is 0 Å². The van der Waals surface area contributed by atoms with E-state index in [4.69, 9.17) is 11.6 Å². The van der Waals surface area contributed by atoms with Crippen molar-refractivity contribution in [3.63, 3.8) is 0 Å². The van der Waals surface area contributed by atoms with E-state index in [-0.39, 0.29) is 0 Å². The van der Waals surface area contributed by atoms with E-state index >= 15 is 0 Å². The van der Waals surface area contributed by atoms with Crippen LogP contribution in [0.25, 0.3) is 6.08 Å². The molecule has 0 N–H and O–H groups in total. The molecule has 0 amide bonds. The monoisotopic (exact) mass is 262 g/mol. The zero-order valence-corrected chi connectivity index (χ0v) is 12.6. The van der Waals surface area contributed by atoms with E-state index in [0.29, 0.717) is 5.41 Å². The predicted molar refractivity (Wildman–Crippen MR) is 82.9 cm³/mol. The minimum atomic E-state index is 0.320. The zero-order chi connectivity index (χ0) is 13.6. The highest BCUT2D eigenvalue weighted by Crippen LogP contribution is 2.27. The van der Waals surface area contributed by atoms with Crippen molar-refractivity contribution in [2.45, 2.75) is 40.5 Å². The highest BCUT2D eigenvalue weighted by atomic mass is 35.5. The Bertz CT molecular complexity index is 417. The maximum absolute atomic E-state index is 5.86. The minimum absolute atomic E-state index is 0.320. The van der Waals surface area contributed by atoms with Crippen LogP contribution < -0.4 is 0 Å². The molecule has 0 saturated carbocycles. The SMILES string of the molecule is CC(C)=CCC(C)(C)C/C=C\c1ccc(Cl)cc1. The van der Waals surface area contributed by atoms with Gasteiger partial charge in [-0.2, -0.15) is 0 Å². The molecule has 0 aliphatic rings. The average Bonchev–Trinajstić information content (AvgIpc) is 2.29. The average molecular weight is 263 g/mol. The lowest BCUT2D eigenvalue weighted by molar-refractivity contribution is 0.377. The van der Waals surface area contributed by atoms with Gasteiger partial charge in [-0.25, -0.2) is 0 Å². The van der Waals surface area contributed by atoms with E-state index in [1.54, 1.807) is 0 Å². The third kappa shape index (κ3) is 6.07. The number of hydrogen-bond acceptors (Lipinski definition) is 0. The lowest BCUT2D eigenvalue weighted by Crippen LogP contribution is -2.08. The molecule has 0 heterocycles. The second-order valence-corrected chi connectivity index (χ2v) is 6.24. The number of halogens is 1. The Morgan fingerprint density at radius 3 is 2.28 bits per heavy atom. The molecule has 0 bridgehead atoms. The molecule has 0 radical (unpaired) electrons. The number of benzene rings is 1. The summed E-state index contributed by atoms with van der Waals surface area (Å²) in [5.74, 6) is 0. The Morgan fingerprint density at radius 1 is 1.11 bits per heavy atom. The normalized spacial score (nSPS) is 11.8. The van der Waals surface area contributed by atoms with Crippen LogP contribution in [-0.2, 0) is 0 Å². The first-order valence-electron chi connectivity index (χ1n) is 6.44. The van der Waals surface area contributed by atoms with Gasteiger partial charge in [-0.3, -0.25) is 0 Å². The van der Waals surface area contributed by atoms with Crippen molar-refractivity contribution in [2.75, 3.05) is 0 Å². The predicted octanol–water partition coefficient (Wildman–Crippen LogP) is 6.13. The van der Waals surface area contributed by atoms with Crippen LogP contribution in [0.2, 0.25) is 5.02 Å². The molecule has 1 rings (SSSR count). The topological polar surface area (TPSA) is 0 Å². The molecule has 1 heteroatoms. The summed E-state index contributed by atoms with van der Waals surface area (Å²) in [6, 6.07) is 7.94. The van der Waals surface area contributed by atoms with Gasteiger partial charge in [-0.15, -0.1) is 0 Å². The van der Waals surface area contributed by atoms with Crippen molar-refractivity contribution in [3.05, 3.63) is 52.6 Å². The summed E-state index contributed by atoms with van der Waals surface area (Å²) in [7, 11) is 0. The van der Waals surface area contributed by atoms with Crippen LogP contribution in [-0.4, -0.2) is 0 Å². The van der Waals surface area contributed by atoms with Gasteiger partial charge in [0.25, 0.3) is 0 Å². The first kappa shape index (κ1) is 15.0. The van der Waals surface area contributed by atoms with Crippen molar-refractivity contribution in [3.8, 4) is 0 Å². The van der Waals surface area contributed by atoms with Gasteiger partial charge in [-0.05, 0) is 49.8 Å². The van der Waals surface area contributed by atoms with Gasteiger partial charge in [0.2, 0.25) is 0 Å². The molecule has 0 spiro atoms. The number of hydrogen-bond donors (Lipinski definition) is 0. The second-order valence-electron chi connectivity index (χ2n) is 5.81. The number of rotatable bonds is 5. The molecule has 0 nitrogen and oxygen atoms in total. The van der Waals surface area contributed by atoms with E-state index in [0.717, 1.165) is 17.9 Å². The minimum Gasteiger partial charge on any atom is -0.0853 e. The largest absolute Gasteiger partial charge is 0.0853 e. The second kappa shape index (κ2) is 6.80. The molecule has 0 unspecified atom stereocenters. The van der Waals surface area contributed by atoms with Crippen molar-refractivity contribution >= 4 is 17.7 Å². The van der Waals surface area contributed by atoms with E-state index in [1.165, 1.54) is 11.1 Å². The van der Waals surface area contributed by atoms with Crippen LogP contribution in [0.3, 0.4) is 0 Å². The van der Waals surface area contributed by atoms with Gasteiger partial charge in [0, 0.05) is 5.02 Å². The highest BCUT2D eigenvalue weighted by molar-refractivity contribution is 6.30. The van der Waals surface area contributed by atoms with Gasteiger partial charge in [-0.1, -0.05) is 61.4 Å². The Hall–Kier alpha value is -1.01. The summed E-state index contributed by atoms with van der Waals surface area (Å²) in [6.45, 7) is 8.91. The fourth-order valence-electron chi connectivity index (χ4n) is 1.65. The molecule has 18 heavy (non-hydrogen) atoms. The Kier molecular flexibility index (Phi) is 5.68. The summed E-state index contributed by atoms with van der Waals surface area (Å²) < 4.78 is 0. The maximum Gasteiger partial charge on any atom is 0.0406 e. The van der Waals surface area contributed by atoms with Gasteiger partial charge in [0.05, 0.1) is 0 Å². The van der Waals surface area contributed by atoms with Crippen LogP contribution in [0.15, 0.2) is 42.0 Å². The fourth-order valence-corrected chi connectivity index (χ4v) is 1.78. The van der Waals surface area contributed by atoms with Gasteiger partial charge >= 0.3 is 0 Å². The highest BCUT2D eigenvalue weighted by Gasteiger charge is 2.13. The van der Waals surface area contributed by atoms with Gasteiger partial charge in [0.15, 0.2) is 0 Å². The van der Waals surface area contributed by atoms with Crippen molar-refractivity contribution < 1.29 is 0 Å². The lowest BCUT2D eigenvalue weighted by Gasteiger charge is -2.21. The summed E-state index contributed by atoms with van der Waals surface area (Å²) in [4.78, 5) is 0. The molecule has 1 aromatic rings. The maximum atomic E-state index is 5.86. The summed E-state index contributed by atoms with van der Waals surface area (Å²) in [5.41, 5.74) is 2.92. The third-order valence-corrected chi connectivity index (χ3v) is 3.17. The van der Waals surface area contributed by atoms with Crippen LogP contribution in [0.5, 0.6) is 0 Å². The van der Waals surface area contributed by atoms with E-state index in [2.05, 4.69) is 45.9 Å². The smallest absolute Gasteiger partial charge is 0.0406 e. The molecule has 0 aromatic heterocycles. The van der Waals surface area contributed by atoms with Crippen molar-refractivity contribution in [1.82, 2.24) is 0 Å². The molecule has 0 atom stereocenters. The van der Waals surface area contributed by atoms with Crippen molar-refractivity contribution in [2.24, 2.45) is 5.41 Å². The third-order valence-electron chi connectivity index (χ3n) is 2.91. The first-order chi connectivity index (χ1) is 8.39. The van der Waals surface area contributed by atoms with Gasteiger partial charge < -0.3 is 0 Å². The molecule has 0 aliphatic heterocycles. The molecule has 0 fully saturated rings. The Balaban J connectivity index is 2.53. The van der Waals surface area contributed by atoms with Crippen LogP contribution in [0, 0.1) is 5.41 Å². The van der Waals surface area contributed by atoms with Crippen molar-refractivity contribution in [1.29, 1.82) is 0 Å². The molecule has 1 aromatic carbocycles.